The van der Waals surface area contributed by atoms with Gasteiger partial charge in [-0.15, -0.1) is 0 Å². The van der Waals surface area contributed by atoms with Crippen LogP contribution in [0.2, 0.25) is 0 Å². The number of hydrogen-bond donors (Lipinski definition) is 2. The van der Waals surface area contributed by atoms with Crippen molar-refractivity contribution in [3.63, 3.8) is 0 Å². The van der Waals surface area contributed by atoms with E-state index in [9.17, 15) is 4.79 Å². The van der Waals surface area contributed by atoms with Crippen LogP contribution in [0.25, 0.3) is 11.3 Å². The Labute approximate surface area is 147 Å². The first kappa shape index (κ1) is 17.5. The Morgan fingerprint density at radius 2 is 2.20 bits per heavy atom. The van der Waals surface area contributed by atoms with Crippen LogP contribution in [-0.2, 0) is 9.53 Å². The molecule has 1 aliphatic heterocycles. The third-order valence-corrected chi connectivity index (χ3v) is 4.55. The van der Waals surface area contributed by atoms with E-state index in [4.69, 9.17) is 9.47 Å². The van der Waals surface area contributed by atoms with Gasteiger partial charge in [-0.1, -0.05) is 26.0 Å². The number of nitrogens with one attached hydrogen (secondary N) is 2. The zero-order chi connectivity index (χ0) is 18.0. The van der Waals surface area contributed by atoms with Gasteiger partial charge in [0.2, 0.25) is 5.91 Å². The first-order valence-corrected chi connectivity index (χ1v) is 8.49. The molecule has 2 heterocycles. The third-order valence-electron chi connectivity index (χ3n) is 4.55. The van der Waals surface area contributed by atoms with Gasteiger partial charge in [0.1, 0.15) is 5.75 Å². The molecule has 1 atom stereocenters. The van der Waals surface area contributed by atoms with Crippen LogP contribution in [0.3, 0.4) is 0 Å². The average Bonchev–Trinajstić information content (AvgIpc) is 3.10. The molecule has 0 radical (unpaired) electrons. The van der Waals surface area contributed by atoms with Gasteiger partial charge in [-0.25, -0.2) is 0 Å². The second kappa shape index (κ2) is 6.88. The number of amides is 1. The van der Waals surface area contributed by atoms with Gasteiger partial charge in [0.15, 0.2) is 5.82 Å². The molecule has 134 valence electrons. The summed E-state index contributed by atoms with van der Waals surface area (Å²) >= 11 is 0. The molecule has 0 saturated carbocycles. The van der Waals surface area contributed by atoms with Crippen molar-refractivity contribution >= 4 is 11.7 Å². The molecule has 1 unspecified atom stereocenters. The quantitative estimate of drug-likeness (QED) is 0.871. The fourth-order valence-electron chi connectivity index (χ4n) is 3.23. The van der Waals surface area contributed by atoms with E-state index in [0.717, 1.165) is 29.0 Å². The van der Waals surface area contributed by atoms with Crippen molar-refractivity contribution in [1.29, 1.82) is 0 Å². The molecule has 1 aromatic heterocycles. The van der Waals surface area contributed by atoms with E-state index in [1.165, 1.54) is 0 Å². The number of ether oxygens (including phenoxy) is 2. The number of hydrogen-bond acceptors (Lipinski definition) is 4. The number of aromatic nitrogens is 2. The van der Waals surface area contributed by atoms with Crippen molar-refractivity contribution in [1.82, 2.24) is 10.2 Å². The lowest BCUT2D eigenvalue weighted by molar-refractivity contribution is -0.118. The van der Waals surface area contributed by atoms with E-state index in [-0.39, 0.29) is 17.4 Å². The number of H-pyrrole nitrogens is 1. The van der Waals surface area contributed by atoms with E-state index in [1.807, 2.05) is 31.2 Å². The van der Waals surface area contributed by atoms with Gasteiger partial charge in [0, 0.05) is 11.1 Å². The van der Waals surface area contributed by atoms with Gasteiger partial charge >= 0.3 is 0 Å². The van der Waals surface area contributed by atoms with E-state index >= 15 is 0 Å². The maximum Gasteiger partial charge on any atom is 0.228 e. The zero-order valence-electron chi connectivity index (χ0n) is 15.2. The van der Waals surface area contributed by atoms with Crippen LogP contribution in [-0.4, -0.2) is 35.9 Å². The molecule has 1 aliphatic rings. The lowest BCUT2D eigenvalue weighted by atomic mass is 9.90. The van der Waals surface area contributed by atoms with Gasteiger partial charge in [-0.2, -0.15) is 5.10 Å². The second-order valence-electron chi connectivity index (χ2n) is 7.33. The summed E-state index contributed by atoms with van der Waals surface area (Å²) in [6.07, 6.45) is 1.22. The Morgan fingerprint density at radius 3 is 2.88 bits per heavy atom. The van der Waals surface area contributed by atoms with E-state index < -0.39 is 0 Å². The number of rotatable bonds is 5. The number of aromatic amines is 1. The van der Waals surface area contributed by atoms with Crippen molar-refractivity contribution in [2.45, 2.75) is 39.7 Å². The molecule has 3 rings (SSSR count). The summed E-state index contributed by atoms with van der Waals surface area (Å²) in [5.74, 6) is 1.22. The standard InChI is InChI=1S/C19H25N3O3/c1-12-17(14-7-5-6-8-15(14)24-4)21-22-18(12)20-16(23)9-13-10-19(2,3)11-25-13/h5-8,13H,9-11H2,1-4H3,(H2,20,21,22,23). The molecule has 1 saturated heterocycles. The van der Waals surface area contributed by atoms with Crippen molar-refractivity contribution in [3.8, 4) is 17.0 Å². The second-order valence-corrected chi connectivity index (χ2v) is 7.33. The lowest BCUT2D eigenvalue weighted by Crippen LogP contribution is -2.20. The van der Waals surface area contributed by atoms with Crippen LogP contribution in [0.15, 0.2) is 24.3 Å². The van der Waals surface area contributed by atoms with Gasteiger partial charge in [0.05, 0.1) is 31.9 Å². The Balaban J connectivity index is 1.70. The number of methoxy groups -OCH3 is 1. The summed E-state index contributed by atoms with van der Waals surface area (Å²) in [5, 5.41) is 10.1. The van der Waals surface area contributed by atoms with Crippen LogP contribution in [0.5, 0.6) is 5.75 Å². The number of anilines is 1. The van der Waals surface area contributed by atoms with Crippen LogP contribution < -0.4 is 10.1 Å². The first-order valence-electron chi connectivity index (χ1n) is 8.49. The smallest absolute Gasteiger partial charge is 0.228 e. The van der Waals surface area contributed by atoms with Crippen molar-refractivity contribution in [3.05, 3.63) is 29.8 Å². The van der Waals surface area contributed by atoms with E-state index in [2.05, 4.69) is 29.4 Å². The van der Waals surface area contributed by atoms with Crippen LogP contribution >= 0.6 is 0 Å². The highest BCUT2D eigenvalue weighted by Gasteiger charge is 2.33. The molecule has 1 amide bonds. The van der Waals surface area contributed by atoms with E-state index in [0.29, 0.717) is 18.8 Å². The fraction of sp³-hybridized carbons (Fsp3) is 0.474. The number of benzene rings is 1. The molecule has 2 aromatic rings. The first-order chi connectivity index (χ1) is 11.9. The number of carbonyl (C=O) groups is 1. The van der Waals surface area contributed by atoms with Crippen molar-refractivity contribution in [2.75, 3.05) is 19.0 Å². The highest BCUT2D eigenvalue weighted by atomic mass is 16.5. The molecule has 1 fully saturated rings. The maximum atomic E-state index is 12.3. The SMILES string of the molecule is COc1ccccc1-c1[nH]nc(NC(=O)CC2CC(C)(C)CO2)c1C. The zero-order valence-corrected chi connectivity index (χ0v) is 15.2. The molecular weight excluding hydrogens is 318 g/mol. The molecular formula is C19H25N3O3. The summed E-state index contributed by atoms with van der Waals surface area (Å²) in [4.78, 5) is 12.3. The minimum atomic E-state index is -0.0797. The number of para-hydroxylation sites is 1. The summed E-state index contributed by atoms with van der Waals surface area (Å²) in [6.45, 7) is 6.94. The van der Waals surface area contributed by atoms with Gasteiger partial charge < -0.3 is 14.8 Å². The predicted molar refractivity (Wildman–Crippen MR) is 96.7 cm³/mol. The van der Waals surface area contributed by atoms with Gasteiger partial charge in [0.25, 0.3) is 0 Å². The number of carbonyl (C=O) groups excluding carboxylic acids is 1. The molecule has 0 bridgehead atoms. The minimum Gasteiger partial charge on any atom is -0.496 e. The van der Waals surface area contributed by atoms with Crippen molar-refractivity contribution in [2.24, 2.45) is 5.41 Å². The molecule has 6 nitrogen and oxygen atoms in total. The van der Waals surface area contributed by atoms with Crippen molar-refractivity contribution < 1.29 is 14.3 Å². The van der Waals surface area contributed by atoms with Crippen LogP contribution in [0.4, 0.5) is 5.82 Å². The third kappa shape index (κ3) is 3.85. The largest absolute Gasteiger partial charge is 0.496 e. The molecule has 2 N–H and O–H groups in total. The maximum absolute atomic E-state index is 12.3. The fourth-order valence-corrected chi connectivity index (χ4v) is 3.23. The topological polar surface area (TPSA) is 76.2 Å². The molecule has 25 heavy (non-hydrogen) atoms. The summed E-state index contributed by atoms with van der Waals surface area (Å²) < 4.78 is 11.1. The molecule has 0 spiro atoms. The Bertz CT molecular complexity index is 767. The predicted octanol–water partition coefficient (Wildman–Crippen LogP) is 3.54. The monoisotopic (exact) mass is 343 g/mol. The summed E-state index contributed by atoms with van der Waals surface area (Å²) in [6, 6.07) is 7.71. The number of nitrogens with zero attached hydrogens (tertiary/aromatic N) is 1. The van der Waals surface area contributed by atoms with Gasteiger partial charge in [-0.3, -0.25) is 9.89 Å². The minimum absolute atomic E-state index is 0.0251. The van der Waals surface area contributed by atoms with Gasteiger partial charge in [-0.05, 0) is 30.9 Å². The lowest BCUT2D eigenvalue weighted by Gasteiger charge is -2.13. The Hall–Kier alpha value is -2.34. The highest BCUT2D eigenvalue weighted by molar-refractivity contribution is 5.92. The van der Waals surface area contributed by atoms with E-state index in [1.54, 1.807) is 7.11 Å². The highest BCUT2D eigenvalue weighted by Crippen LogP contribution is 2.34. The van der Waals surface area contributed by atoms with Crippen LogP contribution in [0.1, 0.15) is 32.3 Å². The Kier molecular flexibility index (Phi) is 4.81. The summed E-state index contributed by atoms with van der Waals surface area (Å²) in [7, 11) is 1.64. The average molecular weight is 343 g/mol. The Morgan fingerprint density at radius 1 is 1.44 bits per heavy atom. The molecule has 6 heteroatoms. The molecule has 0 aliphatic carbocycles. The molecule has 1 aromatic carbocycles. The summed E-state index contributed by atoms with van der Waals surface area (Å²) in [5.41, 5.74) is 2.78. The normalized spacial score (nSPS) is 19.0. The van der Waals surface area contributed by atoms with Crippen LogP contribution in [0, 0.1) is 12.3 Å².